The first-order valence-electron chi connectivity index (χ1n) is 3.75. The highest BCUT2D eigenvalue weighted by atomic mass is 16.5. The van der Waals surface area contributed by atoms with E-state index in [-0.39, 0.29) is 5.97 Å². The van der Waals surface area contributed by atoms with E-state index in [4.69, 9.17) is 10.5 Å². The molecule has 0 amide bonds. The van der Waals surface area contributed by atoms with Gasteiger partial charge in [0.1, 0.15) is 0 Å². The number of hydrogen-bond acceptors (Lipinski definition) is 3. The lowest BCUT2D eigenvalue weighted by atomic mass is 10.2. The van der Waals surface area contributed by atoms with Crippen LogP contribution in [0.2, 0.25) is 0 Å². The van der Waals surface area contributed by atoms with Crippen LogP contribution in [-0.4, -0.2) is 12.6 Å². The Labute approximate surface area is 67.2 Å². The van der Waals surface area contributed by atoms with Crippen molar-refractivity contribution in [1.29, 1.82) is 0 Å². The van der Waals surface area contributed by atoms with Crippen molar-refractivity contribution in [3.8, 4) is 0 Å². The van der Waals surface area contributed by atoms with Crippen LogP contribution in [0.4, 0.5) is 0 Å². The van der Waals surface area contributed by atoms with Crippen molar-refractivity contribution in [3.05, 3.63) is 11.3 Å². The predicted molar refractivity (Wildman–Crippen MR) is 43.8 cm³/mol. The van der Waals surface area contributed by atoms with E-state index in [1.165, 1.54) is 0 Å². The van der Waals surface area contributed by atoms with Crippen LogP contribution >= 0.6 is 0 Å². The van der Waals surface area contributed by atoms with Crippen LogP contribution in [0.3, 0.4) is 0 Å². The zero-order valence-corrected chi connectivity index (χ0v) is 7.31. The molecule has 0 heterocycles. The van der Waals surface area contributed by atoms with Gasteiger partial charge in [0.25, 0.3) is 0 Å². The standard InChI is InChI=1S/C8H15NO2/c1-4-7(6(3)9)8(10)11-5-2/h4-5,9H2,1-3H3. The lowest BCUT2D eigenvalue weighted by Crippen LogP contribution is -2.11. The highest BCUT2D eigenvalue weighted by Crippen LogP contribution is 2.05. The Bertz CT molecular complexity index is 169. The minimum Gasteiger partial charge on any atom is -0.463 e. The van der Waals surface area contributed by atoms with Crippen molar-refractivity contribution >= 4 is 5.97 Å². The third kappa shape index (κ3) is 3.07. The summed E-state index contributed by atoms with van der Waals surface area (Å²) in [4.78, 5) is 11.1. The zero-order chi connectivity index (χ0) is 8.85. The van der Waals surface area contributed by atoms with E-state index < -0.39 is 0 Å². The SMILES string of the molecule is CCOC(=O)C(CC)=C(C)N. The van der Waals surface area contributed by atoms with Crippen molar-refractivity contribution in [2.45, 2.75) is 27.2 Å². The molecule has 3 heteroatoms. The summed E-state index contributed by atoms with van der Waals surface area (Å²) in [6.45, 7) is 5.75. The number of ether oxygens (including phenoxy) is 1. The van der Waals surface area contributed by atoms with Gasteiger partial charge in [0.2, 0.25) is 0 Å². The highest BCUT2D eigenvalue weighted by Gasteiger charge is 2.09. The maximum Gasteiger partial charge on any atom is 0.335 e. The summed E-state index contributed by atoms with van der Waals surface area (Å²) in [5.74, 6) is -0.296. The molecule has 64 valence electrons. The normalized spacial score (nSPS) is 12.3. The van der Waals surface area contributed by atoms with Gasteiger partial charge in [-0.3, -0.25) is 0 Å². The Kier molecular flexibility index (Phi) is 4.34. The molecule has 0 bridgehead atoms. The van der Waals surface area contributed by atoms with Crippen LogP contribution in [0.5, 0.6) is 0 Å². The summed E-state index contributed by atoms with van der Waals surface area (Å²) >= 11 is 0. The largest absolute Gasteiger partial charge is 0.463 e. The first-order valence-corrected chi connectivity index (χ1v) is 3.75. The Morgan fingerprint density at radius 2 is 2.00 bits per heavy atom. The van der Waals surface area contributed by atoms with Crippen LogP contribution in [0.1, 0.15) is 27.2 Å². The molecule has 0 aromatic rings. The summed E-state index contributed by atoms with van der Waals surface area (Å²) < 4.78 is 4.78. The summed E-state index contributed by atoms with van der Waals surface area (Å²) in [5, 5.41) is 0. The summed E-state index contributed by atoms with van der Waals surface area (Å²) in [5.41, 5.74) is 6.58. The average molecular weight is 157 g/mol. The molecule has 0 atom stereocenters. The highest BCUT2D eigenvalue weighted by molar-refractivity contribution is 5.88. The molecule has 0 spiro atoms. The second-order valence-electron chi connectivity index (χ2n) is 2.24. The van der Waals surface area contributed by atoms with E-state index in [0.717, 1.165) is 0 Å². The molecule has 0 saturated heterocycles. The fourth-order valence-corrected chi connectivity index (χ4v) is 0.802. The number of carbonyl (C=O) groups is 1. The van der Waals surface area contributed by atoms with Gasteiger partial charge in [-0.25, -0.2) is 4.79 Å². The van der Waals surface area contributed by atoms with Crippen molar-refractivity contribution in [2.24, 2.45) is 5.73 Å². The molecule has 0 aliphatic rings. The molecular formula is C8H15NO2. The molecule has 3 nitrogen and oxygen atoms in total. The molecule has 0 aliphatic carbocycles. The Balaban J connectivity index is 4.28. The minimum atomic E-state index is -0.296. The molecule has 0 radical (unpaired) electrons. The van der Waals surface area contributed by atoms with E-state index >= 15 is 0 Å². The van der Waals surface area contributed by atoms with Gasteiger partial charge in [-0.15, -0.1) is 0 Å². The fourth-order valence-electron chi connectivity index (χ4n) is 0.802. The molecule has 0 rings (SSSR count). The predicted octanol–water partition coefficient (Wildman–Crippen LogP) is 1.19. The number of hydrogen-bond donors (Lipinski definition) is 1. The van der Waals surface area contributed by atoms with E-state index in [1.54, 1.807) is 13.8 Å². The van der Waals surface area contributed by atoms with E-state index in [9.17, 15) is 4.79 Å². The van der Waals surface area contributed by atoms with Crippen LogP contribution < -0.4 is 5.73 Å². The maximum absolute atomic E-state index is 11.1. The van der Waals surface area contributed by atoms with E-state index in [0.29, 0.717) is 24.3 Å². The topological polar surface area (TPSA) is 52.3 Å². The monoisotopic (exact) mass is 157 g/mol. The van der Waals surface area contributed by atoms with Crippen LogP contribution in [-0.2, 0) is 9.53 Å². The van der Waals surface area contributed by atoms with Crippen LogP contribution in [0.15, 0.2) is 11.3 Å². The number of rotatable bonds is 3. The first-order chi connectivity index (χ1) is 5.13. The Hall–Kier alpha value is -0.990. The number of esters is 1. The van der Waals surface area contributed by atoms with Crippen molar-refractivity contribution < 1.29 is 9.53 Å². The van der Waals surface area contributed by atoms with Gasteiger partial charge in [-0.05, 0) is 20.3 Å². The Morgan fingerprint density at radius 1 is 1.45 bits per heavy atom. The van der Waals surface area contributed by atoms with Crippen LogP contribution in [0, 0.1) is 0 Å². The number of allylic oxidation sites excluding steroid dienone is 1. The van der Waals surface area contributed by atoms with Crippen molar-refractivity contribution in [3.63, 3.8) is 0 Å². The maximum atomic E-state index is 11.1. The molecule has 0 fully saturated rings. The lowest BCUT2D eigenvalue weighted by Gasteiger charge is -2.05. The van der Waals surface area contributed by atoms with Gasteiger partial charge in [0.05, 0.1) is 12.2 Å². The number of nitrogens with two attached hydrogens (primary N) is 1. The average Bonchev–Trinajstić information content (AvgIpc) is 1.88. The van der Waals surface area contributed by atoms with Crippen molar-refractivity contribution in [1.82, 2.24) is 0 Å². The molecule has 0 saturated carbocycles. The molecule has 0 aliphatic heterocycles. The summed E-state index contributed by atoms with van der Waals surface area (Å²) in [7, 11) is 0. The van der Waals surface area contributed by atoms with Gasteiger partial charge in [-0.1, -0.05) is 6.92 Å². The smallest absolute Gasteiger partial charge is 0.335 e. The van der Waals surface area contributed by atoms with Gasteiger partial charge >= 0.3 is 5.97 Å². The fraction of sp³-hybridized carbons (Fsp3) is 0.625. The quantitative estimate of drug-likeness (QED) is 0.494. The van der Waals surface area contributed by atoms with Crippen LogP contribution in [0.25, 0.3) is 0 Å². The molecule has 2 N–H and O–H groups in total. The van der Waals surface area contributed by atoms with Gasteiger partial charge in [0, 0.05) is 5.70 Å². The summed E-state index contributed by atoms with van der Waals surface area (Å²) in [6, 6.07) is 0. The summed E-state index contributed by atoms with van der Waals surface area (Å²) in [6.07, 6.45) is 0.626. The zero-order valence-electron chi connectivity index (χ0n) is 7.31. The van der Waals surface area contributed by atoms with Gasteiger partial charge < -0.3 is 10.5 Å². The molecule has 0 aromatic heterocycles. The molecular weight excluding hydrogens is 142 g/mol. The van der Waals surface area contributed by atoms with Gasteiger partial charge in [-0.2, -0.15) is 0 Å². The third-order valence-electron chi connectivity index (χ3n) is 1.35. The molecule has 11 heavy (non-hydrogen) atoms. The van der Waals surface area contributed by atoms with E-state index in [1.807, 2.05) is 6.92 Å². The minimum absolute atomic E-state index is 0.296. The van der Waals surface area contributed by atoms with Gasteiger partial charge in [0.15, 0.2) is 0 Å². The molecule has 0 aromatic carbocycles. The second-order valence-corrected chi connectivity index (χ2v) is 2.24. The van der Waals surface area contributed by atoms with Crippen molar-refractivity contribution in [2.75, 3.05) is 6.61 Å². The third-order valence-corrected chi connectivity index (χ3v) is 1.35. The number of carbonyl (C=O) groups excluding carboxylic acids is 1. The lowest BCUT2D eigenvalue weighted by molar-refractivity contribution is -0.138. The molecule has 0 unspecified atom stereocenters. The van der Waals surface area contributed by atoms with E-state index in [2.05, 4.69) is 0 Å². The second kappa shape index (κ2) is 4.77. The Morgan fingerprint density at radius 3 is 2.27 bits per heavy atom. The first kappa shape index (κ1) is 10.0.